The molecule has 1 aromatic rings. The topological polar surface area (TPSA) is 17.1 Å². The van der Waals surface area contributed by atoms with E-state index in [2.05, 4.69) is 22.6 Å². The molecule has 1 nitrogen and oxygen atoms in total. The molecule has 1 rings (SSSR count). The van der Waals surface area contributed by atoms with Gasteiger partial charge in [0.2, 0.25) is 0 Å². The standard InChI is InChI=1S/C7H7IOS/c1-10(9)7-4-2-6(8)3-5-7/h2-5H,1H3. The van der Waals surface area contributed by atoms with Gasteiger partial charge < -0.3 is 0 Å². The van der Waals surface area contributed by atoms with E-state index in [0.29, 0.717) is 0 Å². The second-order valence-electron chi connectivity index (χ2n) is 1.91. The molecule has 0 saturated heterocycles. The first-order valence-electron chi connectivity index (χ1n) is 2.79. The quantitative estimate of drug-likeness (QED) is 0.711. The molecule has 3 heteroatoms. The predicted octanol–water partition coefficient (Wildman–Crippen LogP) is 2.03. The van der Waals surface area contributed by atoms with E-state index < -0.39 is 10.8 Å². The molecule has 10 heavy (non-hydrogen) atoms. The molecule has 0 fully saturated rings. The number of hydrogen-bond donors (Lipinski definition) is 0. The van der Waals surface area contributed by atoms with Gasteiger partial charge in [-0.1, -0.05) is 0 Å². The minimum absolute atomic E-state index is 0.841. The van der Waals surface area contributed by atoms with Gasteiger partial charge in [-0.2, -0.15) is 0 Å². The number of rotatable bonds is 1. The van der Waals surface area contributed by atoms with Crippen molar-refractivity contribution in [1.82, 2.24) is 0 Å². The van der Waals surface area contributed by atoms with Crippen LogP contribution in [0.25, 0.3) is 0 Å². The lowest BCUT2D eigenvalue weighted by Crippen LogP contribution is -1.85. The summed E-state index contributed by atoms with van der Waals surface area (Å²) in [5, 5.41) is 0. The van der Waals surface area contributed by atoms with Crippen LogP contribution >= 0.6 is 22.6 Å². The Hall–Kier alpha value is 0.1000. The fraction of sp³-hybridized carbons (Fsp3) is 0.143. The van der Waals surface area contributed by atoms with Crippen LogP contribution in [0.3, 0.4) is 0 Å². The van der Waals surface area contributed by atoms with E-state index >= 15 is 0 Å². The van der Waals surface area contributed by atoms with E-state index in [4.69, 9.17) is 0 Å². The van der Waals surface area contributed by atoms with Crippen molar-refractivity contribution < 1.29 is 4.21 Å². The third-order valence-electron chi connectivity index (χ3n) is 1.15. The molecule has 0 bridgehead atoms. The average molecular weight is 266 g/mol. The van der Waals surface area contributed by atoms with Crippen LogP contribution in [0.4, 0.5) is 0 Å². The molecule has 1 unspecified atom stereocenters. The number of benzene rings is 1. The molecule has 0 aliphatic rings. The second kappa shape index (κ2) is 3.48. The largest absolute Gasteiger partial charge is 0.255 e. The maximum absolute atomic E-state index is 10.9. The molecule has 0 radical (unpaired) electrons. The van der Waals surface area contributed by atoms with E-state index in [1.54, 1.807) is 6.26 Å². The van der Waals surface area contributed by atoms with Crippen molar-refractivity contribution in [2.45, 2.75) is 4.90 Å². The number of hydrogen-bond acceptors (Lipinski definition) is 1. The van der Waals surface area contributed by atoms with Gasteiger partial charge in [-0.05, 0) is 46.9 Å². The summed E-state index contributed by atoms with van der Waals surface area (Å²) in [5.41, 5.74) is 0. The Morgan fingerprint density at radius 1 is 1.30 bits per heavy atom. The van der Waals surface area contributed by atoms with Crippen molar-refractivity contribution in [2.75, 3.05) is 6.26 Å². The zero-order chi connectivity index (χ0) is 7.56. The molecule has 1 atom stereocenters. The summed E-state index contributed by atoms with van der Waals surface area (Å²) in [6.45, 7) is 0. The highest BCUT2D eigenvalue weighted by molar-refractivity contribution is 14.1. The van der Waals surface area contributed by atoms with Crippen LogP contribution in [0.5, 0.6) is 0 Å². The van der Waals surface area contributed by atoms with Crippen LogP contribution in [0, 0.1) is 3.57 Å². The van der Waals surface area contributed by atoms with Crippen LogP contribution in [0.2, 0.25) is 0 Å². The van der Waals surface area contributed by atoms with Crippen LogP contribution in [0.15, 0.2) is 29.2 Å². The van der Waals surface area contributed by atoms with E-state index in [0.717, 1.165) is 4.90 Å². The third-order valence-corrected chi connectivity index (χ3v) is 2.80. The predicted molar refractivity (Wildman–Crippen MR) is 51.5 cm³/mol. The summed E-state index contributed by atoms with van der Waals surface area (Å²) in [4.78, 5) is 0.889. The van der Waals surface area contributed by atoms with Gasteiger partial charge in [0, 0.05) is 25.5 Å². The Morgan fingerprint density at radius 3 is 2.20 bits per heavy atom. The lowest BCUT2D eigenvalue weighted by Gasteiger charge is -1.93. The molecule has 0 aromatic heterocycles. The normalized spacial score (nSPS) is 13.0. The SMILES string of the molecule is CS(=O)c1ccc(I)cc1. The van der Waals surface area contributed by atoms with Gasteiger partial charge in [0.15, 0.2) is 0 Å². The molecule has 0 aliphatic heterocycles. The third kappa shape index (κ3) is 2.05. The molecule has 0 heterocycles. The van der Waals surface area contributed by atoms with Gasteiger partial charge >= 0.3 is 0 Å². The van der Waals surface area contributed by atoms with E-state index in [1.807, 2.05) is 24.3 Å². The van der Waals surface area contributed by atoms with Gasteiger partial charge in [-0.15, -0.1) is 0 Å². The Kier molecular flexibility index (Phi) is 2.85. The van der Waals surface area contributed by atoms with Crippen molar-refractivity contribution in [2.24, 2.45) is 0 Å². The molecular formula is C7H7IOS. The molecule has 0 amide bonds. The molecule has 0 spiro atoms. The van der Waals surface area contributed by atoms with Gasteiger partial charge in [-0.25, -0.2) is 0 Å². The Labute approximate surface area is 76.4 Å². The van der Waals surface area contributed by atoms with E-state index in [1.165, 1.54) is 3.57 Å². The average Bonchev–Trinajstić information content (AvgIpc) is 1.88. The van der Waals surface area contributed by atoms with Crippen LogP contribution < -0.4 is 0 Å². The summed E-state index contributed by atoms with van der Waals surface area (Å²) in [6, 6.07) is 7.68. The smallest absolute Gasteiger partial charge is 0.0498 e. The molecule has 54 valence electrons. The molecule has 0 aliphatic carbocycles. The lowest BCUT2D eigenvalue weighted by molar-refractivity contribution is 0.687. The zero-order valence-corrected chi connectivity index (χ0v) is 8.48. The Morgan fingerprint density at radius 2 is 1.80 bits per heavy atom. The highest BCUT2D eigenvalue weighted by Gasteiger charge is 1.93. The minimum atomic E-state index is -0.841. The lowest BCUT2D eigenvalue weighted by atomic mass is 10.4. The Balaban J connectivity index is 3.00. The summed E-state index contributed by atoms with van der Waals surface area (Å²) in [6.07, 6.45) is 1.68. The first-order valence-corrected chi connectivity index (χ1v) is 5.43. The second-order valence-corrected chi connectivity index (χ2v) is 4.53. The van der Waals surface area contributed by atoms with Crippen molar-refractivity contribution in [3.63, 3.8) is 0 Å². The van der Waals surface area contributed by atoms with Crippen molar-refractivity contribution in [1.29, 1.82) is 0 Å². The van der Waals surface area contributed by atoms with Gasteiger partial charge in [0.25, 0.3) is 0 Å². The maximum atomic E-state index is 10.9. The molecular weight excluding hydrogens is 259 g/mol. The summed E-state index contributed by atoms with van der Waals surface area (Å²) in [5.74, 6) is 0. The monoisotopic (exact) mass is 266 g/mol. The van der Waals surface area contributed by atoms with Crippen molar-refractivity contribution in [3.05, 3.63) is 27.8 Å². The fourth-order valence-corrected chi connectivity index (χ4v) is 1.51. The highest BCUT2D eigenvalue weighted by atomic mass is 127. The van der Waals surface area contributed by atoms with Gasteiger partial charge in [0.1, 0.15) is 0 Å². The summed E-state index contributed by atoms with van der Waals surface area (Å²) in [7, 11) is -0.841. The maximum Gasteiger partial charge on any atom is 0.0498 e. The summed E-state index contributed by atoms with van der Waals surface area (Å²) < 4.78 is 12.0. The van der Waals surface area contributed by atoms with Crippen molar-refractivity contribution in [3.8, 4) is 0 Å². The first kappa shape index (κ1) is 8.20. The van der Waals surface area contributed by atoms with Gasteiger partial charge in [0.05, 0.1) is 0 Å². The highest BCUT2D eigenvalue weighted by Crippen LogP contribution is 2.08. The number of halogens is 1. The van der Waals surface area contributed by atoms with Crippen LogP contribution in [-0.2, 0) is 10.8 Å². The minimum Gasteiger partial charge on any atom is -0.255 e. The van der Waals surface area contributed by atoms with Gasteiger partial charge in [-0.3, -0.25) is 4.21 Å². The fourth-order valence-electron chi connectivity index (χ4n) is 0.626. The Bertz CT molecular complexity index is 242. The molecule has 0 N–H and O–H groups in total. The van der Waals surface area contributed by atoms with Crippen molar-refractivity contribution >= 4 is 33.4 Å². The zero-order valence-electron chi connectivity index (χ0n) is 5.50. The molecule has 1 aromatic carbocycles. The van der Waals surface area contributed by atoms with E-state index in [9.17, 15) is 4.21 Å². The van der Waals surface area contributed by atoms with E-state index in [-0.39, 0.29) is 0 Å². The van der Waals surface area contributed by atoms with Crippen LogP contribution in [-0.4, -0.2) is 10.5 Å². The first-order chi connectivity index (χ1) is 4.70. The van der Waals surface area contributed by atoms with Crippen LogP contribution in [0.1, 0.15) is 0 Å². The molecule has 0 saturated carbocycles. The summed E-state index contributed by atoms with van der Waals surface area (Å²) >= 11 is 2.22.